The average molecular weight is 359 g/mol. The lowest BCUT2D eigenvalue weighted by atomic mass is 10.1. The molecule has 7 heteroatoms. The van der Waals surface area contributed by atoms with Crippen LogP contribution >= 0.6 is 11.3 Å². The van der Waals surface area contributed by atoms with Gasteiger partial charge in [-0.15, -0.1) is 0 Å². The van der Waals surface area contributed by atoms with Crippen LogP contribution in [0.25, 0.3) is 10.2 Å². The van der Waals surface area contributed by atoms with Crippen molar-refractivity contribution < 1.29 is 14.1 Å². The first kappa shape index (κ1) is 17.6. The van der Waals surface area contributed by atoms with Gasteiger partial charge in [-0.2, -0.15) is 4.99 Å². The number of aryl methyl sites for hydroxylation is 3. The first-order chi connectivity index (χ1) is 12.0. The highest BCUT2D eigenvalue weighted by atomic mass is 32.1. The zero-order valence-corrected chi connectivity index (χ0v) is 15.6. The molecule has 0 radical (unpaired) electrons. The van der Waals surface area contributed by atoms with Crippen LogP contribution in [0.2, 0.25) is 0 Å². The van der Waals surface area contributed by atoms with Gasteiger partial charge in [0.1, 0.15) is 5.76 Å². The Balaban J connectivity index is 2.12. The third kappa shape index (κ3) is 3.72. The number of hydrogen-bond donors (Lipinski definition) is 0. The highest BCUT2D eigenvalue weighted by Crippen LogP contribution is 2.23. The van der Waals surface area contributed by atoms with Crippen molar-refractivity contribution in [2.45, 2.75) is 34.2 Å². The molecule has 0 atom stereocenters. The van der Waals surface area contributed by atoms with E-state index in [2.05, 4.69) is 36.1 Å². The zero-order valence-electron chi connectivity index (χ0n) is 14.8. The van der Waals surface area contributed by atoms with E-state index in [4.69, 9.17) is 9.26 Å². The van der Waals surface area contributed by atoms with E-state index in [-0.39, 0.29) is 5.69 Å². The highest BCUT2D eigenvalue weighted by molar-refractivity contribution is 7.16. The maximum atomic E-state index is 12.4. The van der Waals surface area contributed by atoms with Gasteiger partial charge < -0.3 is 13.8 Å². The quantitative estimate of drug-likeness (QED) is 0.655. The van der Waals surface area contributed by atoms with E-state index in [1.807, 2.05) is 11.5 Å². The van der Waals surface area contributed by atoms with E-state index in [1.165, 1.54) is 22.5 Å². The molecule has 3 rings (SSSR count). The van der Waals surface area contributed by atoms with Gasteiger partial charge in [-0.1, -0.05) is 22.6 Å². The van der Waals surface area contributed by atoms with Crippen molar-refractivity contribution in [3.8, 4) is 0 Å². The molecule has 0 aliphatic heterocycles. The van der Waals surface area contributed by atoms with Crippen LogP contribution < -0.4 is 4.80 Å². The standard InChI is InChI=1S/C18H21N3O3S/c1-5-23-7-6-21-15-9-11(2)8-12(3)16(15)25-18(21)19-17(22)14-10-13(4)24-20-14/h8-10H,5-7H2,1-4H3. The lowest BCUT2D eigenvalue weighted by Gasteiger charge is -2.06. The Hall–Kier alpha value is -2.25. The number of aromatic nitrogens is 2. The van der Waals surface area contributed by atoms with Crippen LogP contribution in [0.15, 0.2) is 27.7 Å². The third-order valence-corrected chi connectivity index (χ3v) is 5.05. The van der Waals surface area contributed by atoms with Crippen molar-refractivity contribution >= 4 is 27.5 Å². The molecule has 6 nitrogen and oxygen atoms in total. The lowest BCUT2D eigenvalue weighted by molar-refractivity contribution is 0.0988. The van der Waals surface area contributed by atoms with Gasteiger partial charge >= 0.3 is 5.91 Å². The first-order valence-corrected chi connectivity index (χ1v) is 9.02. The summed E-state index contributed by atoms with van der Waals surface area (Å²) in [7, 11) is 0. The van der Waals surface area contributed by atoms with Crippen molar-refractivity contribution in [1.82, 2.24) is 9.72 Å². The van der Waals surface area contributed by atoms with Crippen molar-refractivity contribution in [2.75, 3.05) is 13.2 Å². The summed E-state index contributed by atoms with van der Waals surface area (Å²) in [5.74, 6) is 0.188. The van der Waals surface area contributed by atoms with Gasteiger partial charge in [-0.25, -0.2) is 0 Å². The third-order valence-electron chi connectivity index (χ3n) is 3.82. The van der Waals surface area contributed by atoms with E-state index in [0.717, 1.165) is 10.2 Å². The van der Waals surface area contributed by atoms with Crippen LogP contribution in [0, 0.1) is 20.8 Å². The zero-order chi connectivity index (χ0) is 18.0. The maximum Gasteiger partial charge on any atom is 0.301 e. The lowest BCUT2D eigenvalue weighted by Crippen LogP contribution is -2.19. The van der Waals surface area contributed by atoms with Crippen molar-refractivity contribution in [1.29, 1.82) is 0 Å². The minimum absolute atomic E-state index is 0.221. The highest BCUT2D eigenvalue weighted by Gasteiger charge is 2.13. The molecule has 2 heterocycles. The molecule has 0 aliphatic carbocycles. The SMILES string of the molecule is CCOCCn1c(=NC(=O)c2cc(C)on2)sc2c(C)cc(C)cc21. The van der Waals surface area contributed by atoms with Gasteiger partial charge in [0.25, 0.3) is 0 Å². The molecule has 2 aromatic heterocycles. The van der Waals surface area contributed by atoms with Gasteiger partial charge in [0, 0.05) is 19.2 Å². The van der Waals surface area contributed by atoms with Gasteiger partial charge in [0.2, 0.25) is 0 Å². The minimum Gasteiger partial charge on any atom is -0.380 e. The second kappa shape index (κ2) is 7.33. The Kier molecular flexibility index (Phi) is 5.15. The number of hydrogen-bond acceptors (Lipinski definition) is 5. The number of thiazole rings is 1. The maximum absolute atomic E-state index is 12.4. The van der Waals surface area contributed by atoms with E-state index in [1.54, 1.807) is 13.0 Å². The van der Waals surface area contributed by atoms with Crippen LogP contribution in [0.5, 0.6) is 0 Å². The predicted molar refractivity (Wildman–Crippen MR) is 96.9 cm³/mol. The first-order valence-electron chi connectivity index (χ1n) is 8.20. The Labute approximate surface area is 149 Å². The molecule has 3 aromatic rings. The summed E-state index contributed by atoms with van der Waals surface area (Å²) < 4.78 is 13.6. The summed E-state index contributed by atoms with van der Waals surface area (Å²) in [5.41, 5.74) is 3.65. The van der Waals surface area contributed by atoms with Crippen molar-refractivity contribution in [2.24, 2.45) is 4.99 Å². The molecular formula is C18H21N3O3S. The molecule has 1 amide bonds. The largest absolute Gasteiger partial charge is 0.380 e. The number of amides is 1. The average Bonchev–Trinajstić information content (AvgIpc) is 3.13. The molecule has 132 valence electrons. The second-order valence-electron chi connectivity index (χ2n) is 5.90. The fourth-order valence-corrected chi connectivity index (χ4v) is 3.83. The van der Waals surface area contributed by atoms with Gasteiger partial charge in [-0.05, 0) is 44.9 Å². The fraction of sp³-hybridized carbons (Fsp3) is 0.389. The number of nitrogens with zero attached hydrogens (tertiary/aromatic N) is 3. The molecule has 0 aliphatic rings. The number of carbonyl (C=O) groups excluding carboxylic acids is 1. The molecule has 1 aromatic carbocycles. The van der Waals surface area contributed by atoms with E-state index < -0.39 is 5.91 Å². The molecule has 25 heavy (non-hydrogen) atoms. The van der Waals surface area contributed by atoms with Gasteiger partial charge in [0.05, 0.1) is 16.8 Å². The summed E-state index contributed by atoms with van der Waals surface area (Å²) in [4.78, 5) is 17.4. The van der Waals surface area contributed by atoms with Crippen LogP contribution in [0.1, 0.15) is 34.3 Å². The molecule has 0 saturated carbocycles. The molecule has 0 unspecified atom stereocenters. The molecule has 0 fully saturated rings. The summed E-state index contributed by atoms with van der Waals surface area (Å²) in [6, 6.07) is 5.85. The Bertz CT molecular complexity index is 981. The van der Waals surface area contributed by atoms with Crippen molar-refractivity contribution in [3.05, 3.63) is 45.6 Å². The van der Waals surface area contributed by atoms with E-state index >= 15 is 0 Å². The summed E-state index contributed by atoms with van der Waals surface area (Å²) in [6.45, 7) is 9.72. The summed E-state index contributed by atoms with van der Waals surface area (Å²) in [6.07, 6.45) is 0. The van der Waals surface area contributed by atoms with Gasteiger partial charge in [0.15, 0.2) is 10.5 Å². The molecule has 0 spiro atoms. The van der Waals surface area contributed by atoms with Crippen LogP contribution in [-0.4, -0.2) is 28.8 Å². The van der Waals surface area contributed by atoms with E-state index in [9.17, 15) is 4.79 Å². The second-order valence-corrected chi connectivity index (χ2v) is 6.88. The molecule has 0 N–H and O–H groups in total. The Morgan fingerprint density at radius 1 is 1.32 bits per heavy atom. The Morgan fingerprint density at radius 2 is 2.12 bits per heavy atom. The minimum atomic E-state index is -0.400. The number of ether oxygens (including phenoxy) is 1. The van der Waals surface area contributed by atoms with Crippen LogP contribution in [0.3, 0.4) is 0 Å². The monoisotopic (exact) mass is 359 g/mol. The molecule has 0 saturated heterocycles. The number of carbonyl (C=O) groups is 1. The number of benzene rings is 1. The van der Waals surface area contributed by atoms with Crippen LogP contribution in [0.4, 0.5) is 0 Å². The molecular weight excluding hydrogens is 338 g/mol. The normalized spacial score (nSPS) is 12.2. The van der Waals surface area contributed by atoms with Crippen molar-refractivity contribution in [3.63, 3.8) is 0 Å². The number of rotatable bonds is 5. The molecule has 0 bridgehead atoms. The summed E-state index contributed by atoms with van der Waals surface area (Å²) >= 11 is 1.51. The van der Waals surface area contributed by atoms with E-state index in [0.29, 0.717) is 30.3 Å². The van der Waals surface area contributed by atoms with Crippen LogP contribution in [-0.2, 0) is 11.3 Å². The fourth-order valence-electron chi connectivity index (χ4n) is 2.73. The van der Waals surface area contributed by atoms with Gasteiger partial charge in [-0.3, -0.25) is 4.79 Å². The Morgan fingerprint density at radius 3 is 2.80 bits per heavy atom. The predicted octanol–water partition coefficient (Wildman–Crippen LogP) is 3.39. The smallest absolute Gasteiger partial charge is 0.301 e. The number of fused-ring (bicyclic) bond motifs is 1. The summed E-state index contributed by atoms with van der Waals surface area (Å²) in [5, 5.41) is 3.75. The topological polar surface area (TPSA) is 69.6 Å².